The Hall–Kier alpha value is -4.07. The van der Waals surface area contributed by atoms with Crippen molar-refractivity contribution < 1.29 is 23.5 Å². The van der Waals surface area contributed by atoms with E-state index in [4.69, 9.17) is 9.15 Å². The van der Waals surface area contributed by atoms with E-state index in [0.717, 1.165) is 30.6 Å². The van der Waals surface area contributed by atoms with Crippen molar-refractivity contribution in [1.29, 1.82) is 0 Å². The minimum Gasteiger partial charge on any atom is -0.467 e. The first-order valence-corrected chi connectivity index (χ1v) is 15.9. The molecule has 0 aliphatic carbocycles. The summed E-state index contributed by atoms with van der Waals surface area (Å²) in [6.07, 6.45) is 5.21. The Labute approximate surface area is 262 Å². The van der Waals surface area contributed by atoms with Crippen molar-refractivity contribution in [2.45, 2.75) is 85.9 Å². The third kappa shape index (κ3) is 10.9. The number of nitrogens with one attached hydrogen (secondary N) is 2. The van der Waals surface area contributed by atoms with Gasteiger partial charge in [0.25, 0.3) is 0 Å². The molecule has 1 heterocycles. The van der Waals surface area contributed by atoms with Crippen molar-refractivity contribution in [2.24, 2.45) is 17.8 Å². The molecule has 0 fully saturated rings. The van der Waals surface area contributed by atoms with Gasteiger partial charge in [-0.2, -0.15) is 0 Å². The summed E-state index contributed by atoms with van der Waals surface area (Å²) in [6.45, 7) is 11.1. The zero-order valence-corrected chi connectivity index (χ0v) is 26.9. The van der Waals surface area contributed by atoms with Crippen LogP contribution in [0.25, 0.3) is 0 Å². The van der Waals surface area contributed by atoms with Crippen molar-refractivity contribution in [3.63, 3.8) is 0 Å². The van der Waals surface area contributed by atoms with Gasteiger partial charge in [0.15, 0.2) is 0 Å². The van der Waals surface area contributed by atoms with Gasteiger partial charge in [-0.05, 0) is 74.1 Å². The van der Waals surface area contributed by atoms with Crippen LogP contribution in [0.3, 0.4) is 0 Å². The molecule has 0 bridgehead atoms. The van der Waals surface area contributed by atoms with Gasteiger partial charge >= 0.3 is 0 Å². The monoisotopic (exact) mass is 603 g/mol. The van der Waals surface area contributed by atoms with Crippen LogP contribution in [0.2, 0.25) is 0 Å². The SMILES string of the molecule is CCCCN(Cc1cccc(Oc2ccccc2)c1)C(=O)[C@H](C)NC(=O)[C@H](CC(C)C)[C@H](CCC)C(=O)NCc1ccco1. The Kier molecular flexibility index (Phi) is 14.0. The second-order valence-corrected chi connectivity index (χ2v) is 11.8. The number of amides is 3. The third-order valence-electron chi connectivity index (χ3n) is 7.57. The lowest BCUT2D eigenvalue weighted by Crippen LogP contribution is -2.50. The number of ether oxygens (including phenoxy) is 1. The molecule has 3 amide bonds. The molecule has 1 aromatic heterocycles. The molecule has 0 aliphatic heterocycles. The van der Waals surface area contributed by atoms with E-state index in [2.05, 4.69) is 17.6 Å². The smallest absolute Gasteiger partial charge is 0.245 e. The summed E-state index contributed by atoms with van der Waals surface area (Å²) < 4.78 is 11.4. The summed E-state index contributed by atoms with van der Waals surface area (Å²) >= 11 is 0. The number of rotatable bonds is 18. The van der Waals surface area contributed by atoms with Crippen LogP contribution in [0, 0.1) is 17.8 Å². The van der Waals surface area contributed by atoms with Gasteiger partial charge in [-0.3, -0.25) is 14.4 Å². The summed E-state index contributed by atoms with van der Waals surface area (Å²) in [5, 5.41) is 5.93. The van der Waals surface area contributed by atoms with Crippen LogP contribution in [0.1, 0.15) is 78.0 Å². The number of para-hydroxylation sites is 1. The first-order chi connectivity index (χ1) is 21.2. The van der Waals surface area contributed by atoms with Crippen molar-refractivity contribution in [3.8, 4) is 11.5 Å². The first-order valence-electron chi connectivity index (χ1n) is 15.9. The highest BCUT2D eigenvalue weighted by molar-refractivity contribution is 5.91. The molecule has 44 heavy (non-hydrogen) atoms. The highest BCUT2D eigenvalue weighted by atomic mass is 16.5. The molecule has 0 saturated heterocycles. The highest BCUT2D eigenvalue weighted by Gasteiger charge is 2.35. The van der Waals surface area contributed by atoms with Crippen molar-refractivity contribution in [1.82, 2.24) is 15.5 Å². The van der Waals surface area contributed by atoms with E-state index in [1.54, 1.807) is 30.2 Å². The molecule has 2 aromatic carbocycles. The number of benzene rings is 2. The predicted molar refractivity (Wildman–Crippen MR) is 173 cm³/mol. The highest BCUT2D eigenvalue weighted by Crippen LogP contribution is 2.27. The topological polar surface area (TPSA) is 101 Å². The molecule has 0 radical (unpaired) electrons. The average molecular weight is 604 g/mol. The van der Waals surface area contributed by atoms with Gasteiger partial charge in [0.1, 0.15) is 23.3 Å². The molecule has 3 aromatic rings. The molecule has 8 heteroatoms. The Bertz CT molecular complexity index is 1290. The summed E-state index contributed by atoms with van der Waals surface area (Å²) in [4.78, 5) is 42.7. The minimum absolute atomic E-state index is 0.154. The van der Waals surface area contributed by atoms with E-state index in [1.165, 1.54) is 0 Å². The standard InChI is InChI=1S/C36H49N3O5/c1-6-8-20-39(25-28-15-12-18-30(23-28)44-29-16-10-9-11-17-29)36(42)27(5)38-35(41)33(22-26(3)4)32(14-7-2)34(40)37-24-31-19-13-21-43-31/h9-13,15-19,21,23,26-27,32-33H,6-8,14,20,22,24-25H2,1-5H3,(H,37,40)(H,38,41)/t27-,32-,33+/m0/s1. The number of unbranched alkanes of at least 4 members (excludes halogenated alkanes) is 1. The van der Waals surface area contributed by atoms with E-state index >= 15 is 0 Å². The third-order valence-corrected chi connectivity index (χ3v) is 7.57. The van der Waals surface area contributed by atoms with E-state index in [-0.39, 0.29) is 30.2 Å². The van der Waals surface area contributed by atoms with Gasteiger partial charge in [-0.15, -0.1) is 0 Å². The van der Waals surface area contributed by atoms with Gasteiger partial charge in [0, 0.05) is 24.9 Å². The largest absolute Gasteiger partial charge is 0.467 e. The molecule has 8 nitrogen and oxygen atoms in total. The van der Waals surface area contributed by atoms with Crippen LogP contribution in [0.4, 0.5) is 0 Å². The molecule has 0 unspecified atom stereocenters. The molecule has 3 atom stereocenters. The van der Waals surface area contributed by atoms with Crippen LogP contribution in [-0.4, -0.2) is 35.2 Å². The van der Waals surface area contributed by atoms with Crippen LogP contribution >= 0.6 is 0 Å². The van der Waals surface area contributed by atoms with Crippen molar-refractivity contribution in [3.05, 3.63) is 84.3 Å². The number of hydrogen-bond acceptors (Lipinski definition) is 5. The lowest BCUT2D eigenvalue weighted by atomic mass is 9.81. The number of hydrogen-bond donors (Lipinski definition) is 2. The maximum absolute atomic E-state index is 13.8. The van der Waals surface area contributed by atoms with E-state index in [9.17, 15) is 14.4 Å². The maximum atomic E-state index is 13.8. The normalized spacial score (nSPS) is 13.1. The van der Waals surface area contributed by atoms with Crippen LogP contribution in [-0.2, 0) is 27.5 Å². The van der Waals surface area contributed by atoms with Gasteiger partial charge in [0.05, 0.1) is 12.8 Å². The molecular formula is C36H49N3O5. The fraction of sp³-hybridized carbons (Fsp3) is 0.472. The van der Waals surface area contributed by atoms with E-state index in [1.807, 2.05) is 75.4 Å². The fourth-order valence-electron chi connectivity index (χ4n) is 5.33. The lowest BCUT2D eigenvalue weighted by Gasteiger charge is -2.30. The molecule has 0 spiro atoms. The molecule has 3 rings (SSSR count). The second kappa shape index (κ2) is 17.9. The van der Waals surface area contributed by atoms with Crippen LogP contribution < -0.4 is 15.4 Å². The Morgan fingerprint density at radius 1 is 0.864 bits per heavy atom. The molecular weight excluding hydrogens is 554 g/mol. The van der Waals surface area contributed by atoms with E-state index in [0.29, 0.717) is 37.4 Å². The Morgan fingerprint density at radius 2 is 1.61 bits per heavy atom. The average Bonchev–Trinajstić information content (AvgIpc) is 3.54. The molecule has 0 aliphatic rings. The number of carbonyl (C=O) groups excluding carboxylic acids is 3. The molecule has 238 valence electrons. The predicted octanol–water partition coefficient (Wildman–Crippen LogP) is 7.10. The van der Waals surface area contributed by atoms with Crippen LogP contribution in [0.5, 0.6) is 11.5 Å². The van der Waals surface area contributed by atoms with Crippen molar-refractivity contribution >= 4 is 17.7 Å². The maximum Gasteiger partial charge on any atom is 0.245 e. The van der Waals surface area contributed by atoms with Gasteiger partial charge < -0.3 is 24.7 Å². The van der Waals surface area contributed by atoms with Gasteiger partial charge in [0.2, 0.25) is 17.7 Å². The van der Waals surface area contributed by atoms with Gasteiger partial charge in [-0.1, -0.05) is 70.9 Å². The number of furan rings is 1. The number of carbonyl (C=O) groups is 3. The summed E-state index contributed by atoms with van der Waals surface area (Å²) in [5.74, 6) is 0.626. The first kappa shape index (κ1) is 34.4. The van der Waals surface area contributed by atoms with Crippen molar-refractivity contribution in [2.75, 3.05) is 6.54 Å². The van der Waals surface area contributed by atoms with Gasteiger partial charge in [-0.25, -0.2) is 0 Å². The number of nitrogens with zero attached hydrogens (tertiary/aromatic N) is 1. The zero-order chi connectivity index (χ0) is 31.9. The fourth-order valence-corrected chi connectivity index (χ4v) is 5.33. The quantitative estimate of drug-likeness (QED) is 0.162. The minimum atomic E-state index is -0.744. The van der Waals surface area contributed by atoms with E-state index < -0.39 is 17.9 Å². The summed E-state index contributed by atoms with van der Waals surface area (Å²) in [7, 11) is 0. The summed E-state index contributed by atoms with van der Waals surface area (Å²) in [6, 6.07) is 20.1. The second-order valence-electron chi connectivity index (χ2n) is 11.8. The molecule has 0 saturated carbocycles. The summed E-state index contributed by atoms with van der Waals surface area (Å²) in [5.41, 5.74) is 0.940. The lowest BCUT2D eigenvalue weighted by molar-refractivity contribution is -0.140. The Balaban J connectivity index is 1.71. The Morgan fingerprint density at radius 3 is 2.27 bits per heavy atom. The zero-order valence-electron chi connectivity index (χ0n) is 26.9. The molecule has 2 N–H and O–H groups in total. The van der Waals surface area contributed by atoms with Crippen LogP contribution in [0.15, 0.2) is 77.4 Å².